The summed E-state index contributed by atoms with van der Waals surface area (Å²) in [5.41, 5.74) is 1.41. The number of carbonyl (C=O) groups excluding carboxylic acids is 1. The molecule has 0 unspecified atom stereocenters. The summed E-state index contributed by atoms with van der Waals surface area (Å²) in [6.45, 7) is 1.78. The van der Waals surface area contributed by atoms with Crippen molar-refractivity contribution in [3.8, 4) is 23.1 Å². The molecule has 1 aromatic heterocycles. The van der Waals surface area contributed by atoms with Gasteiger partial charge < -0.3 is 10.1 Å². The zero-order valence-electron chi connectivity index (χ0n) is 16.0. The molecule has 0 aliphatic heterocycles. The first-order valence-corrected chi connectivity index (χ1v) is 8.97. The summed E-state index contributed by atoms with van der Waals surface area (Å²) in [7, 11) is 1.57. The molecule has 29 heavy (non-hydrogen) atoms. The molecule has 0 saturated heterocycles. The van der Waals surface area contributed by atoms with E-state index in [1.54, 1.807) is 62.6 Å². The molecule has 8 nitrogen and oxygen atoms in total. The van der Waals surface area contributed by atoms with Crippen molar-refractivity contribution in [1.82, 2.24) is 14.8 Å². The third-order valence-electron chi connectivity index (χ3n) is 4.35. The lowest BCUT2D eigenvalue weighted by atomic mass is 10.1. The fraction of sp³-hybridized carbons (Fsp3) is 0.190. The van der Waals surface area contributed by atoms with Crippen LogP contribution in [0.15, 0.2) is 59.5 Å². The van der Waals surface area contributed by atoms with Crippen LogP contribution in [0.3, 0.4) is 0 Å². The second-order valence-corrected chi connectivity index (χ2v) is 6.20. The predicted molar refractivity (Wildman–Crippen MR) is 107 cm³/mol. The summed E-state index contributed by atoms with van der Waals surface area (Å²) < 4.78 is 6.19. The van der Waals surface area contributed by atoms with Gasteiger partial charge in [0.1, 0.15) is 11.8 Å². The molecule has 1 atom stereocenters. The van der Waals surface area contributed by atoms with Crippen molar-refractivity contribution in [3.05, 3.63) is 70.8 Å². The van der Waals surface area contributed by atoms with Crippen LogP contribution in [-0.2, 0) is 4.79 Å². The molecule has 3 aromatic rings. The molecule has 1 N–H and O–H groups in total. The third-order valence-corrected chi connectivity index (χ3v) is 4.35. The number of amides is 1. The number of nitriles is 1. The summed E-state index contributed by atoms with van der Waals surface area (Å²) in [5.74, 6) is 0.287. The van der Waals surface area contributed by atoms with Crippen molar-refractivity contribution in [2.75, 3.05) is 12.4 Å². The largest absolute Gasteiger partial charge is 0.497 e. The number of nitrogens with one attached hydrogen (secondary N) is 1. The minimum Gasteiger partial charge on any atom is -0.497 e. The Bertz CT molecular complexity index is 1120. The zero-order valence-corrected chi connectivity index (χ0v) is 16.0. The van der Waals surface area contributed by atoms with Gasteiger partial charge in [0, 0.05) is 11.3 Å². The molecular weight excluding hydrogens is 370 g/mol. The van der Waals surface area contributed by atoms with Crippen molar-refractivity contribution < 1.29 is 9.53 Å². The molecular formula is C21H19N5O3. The first-order chi connectivity index (χ1) is 14.0. The zero-order chi connectivity index (χ0) is 20.8. The number of rotatable bonds is 6. The van der Waals surface area contributed by atoms with Gasteiger partial charge >= 0.3 is 5.69 Å². The van der Waals surface area contributed by atoms with E-state index in [4.69, 9.17) is 10.00 Å². The highest BCUT2D eigenvalue weighted by Crippen LogP contribution is 2.20. The van der Waals surface area contributed by atoms with E-state index in [-0.39, 0.29) is 0 Å². The maximum absolute atomic E-state index is 12.7. The molecule has 0 aliphatic rings. The van der Waals surface area contributed by atoms with Crippen LogP contribution in [0.4, 0.5) is 5.69 Å². The van der Waals surface area contributed by atoms with E-state index in [9.17, 15) is 9.59 Å². The van der Waals surface area contributed by atoms with Gasteiger partial charge in [-0.1, -0.05) is 13.0 Å². The minimum atomic E-state index is -0.828. The van der Waals surface area contributed by atoms with Crippen LogP contribution in [0.5, 0.6) is 5.75 Å². The quantitative estimate of drug-likeness (QED) is 0.694. The first kappa shape index (κ1) is 19.8. The van der Waals surface area contributed by atoms with Crippen LogP contribution >= 0.6 is 0 Å². The summed E-state index contributed by atoms with van der Waals surface area (Å²) in [6.07, 6.45) is 1.80. The molecule has 1 heterocycles. The standard InChI is InChI=1S/C21H19N5O3/c1-3-19(20(27)24-16-6-4-5-14(11-16)12-22)26-21(28)25-18(13-23-26)15-7-9-17(29-2)10-8-15/h4-11,13,19H,3H2,1-2H3,(H,24,27)/t19-/m0/s1. The van der Waals surface area contributed by atoms with Gasteiger partial charge in [0.05, 0.1) is 30.6 Å². The Balaban J connectivity index is 1.84. The van der Waals surface area contributed by atoms with E-state index in [0.29, 0.717) is 34.7 Å². The number of anilines is 1. The van der Waals surface area contributed by atoms with Gasteiger partial charge in [0.2, 0.25) is 5.91 Å². The van der Waals surface area contributed by atoms with Gasteiger partial charge in [-0.15, -0.1) is 0 Å². The van der Waals surface area contributed by atoms with Gasteiger partial charge in [-0.2, -0.15) is 15.3 Å². The molecule has 0 radical (unpaired) electrons. The van der Waals surface area contributed by atoms with Crippen LogP contribution in [0.25, 0.3) is 11.3 Å². The van der Waals surface area contributed by atoms with Crippen LogP contribution in [0.2, 0.25) is 0 Å². The smallest absolute Gasteiger partial charge is 0.365 e. The molecule has 0 fully saturated rings. The minimum absolute atomic E-state index is 0.347. The average molecular weight is 389 g/mol. The number of hydrogen-bond donors (Lipinski definition) is 1. The van der Waals surface area contributed by atoms with Crippen molar-refractivity contribution in [2.45, 2.75) is 19.4 Å². The highest BCUT2D eigenvalue weighted by molar-refractivity contribution is 5.93. The fourth-order valence-corrected chi connectivity index (χ4v) is 2.83. The van der Waals surface area contributed by atoms with E-state index < -0.39 is 17.6 Å². The molecule has 8 heteroatoms. The third kappa shape index (κ3) is 4.47. The van der Waals surface area contributed by atoms with E-state index in [1.807, 2.05) is 6.07 Å². The van der Waals surface area contributed by atoms with Gasteiger partial charge in [0.25, 0.3) is 0 Å². The van der Waals surface area contributed by atoms with Gasteiger partial charge in [-0.05, 0) is 48.9 Å². The number of hydrogen-bond acceptors (Lipinski definition) is 6. The van der Waals surface area contributed by atoms with Crippen LogP contribution in [0.1, 0.15) is 24.9 Å². The molecule has 0 spiro atoms. The van der Waals surface area contributed by atoms with Crippen molar-refractivity contribution in [2.24, 2.45) is 0 Å². The molecule has 1 amide bonds. The maximum Gasteiger partial charge on any atom is 0.365 e. The molecule has 0 bridgehead atoms. The Hall–Kier alpha value is -3.99. The van der Waals surface area contributed by atoms with Gasteiger partial charge in [-0.25, -0.2) is 9.48 Å². The Labute approximate surface area is 167 Å². The topological polar surface area (TPSA) is 110 Å². The second-order valence-electron chi connectivity index (χ2n) is 6.20. The van der Waals surface area contributed by atoms with Crippen molar-refractivity contribution in [3.63, 3.8) is 0 Å². The van der Waals surface area contributed by atoms with Crippen LogP contribution < -0.4 is 15.7 Å². The van der Waals surface area contributed by atoms with E-state index in [1.165, 1.54) is 6.20 Å². The Kier molecular flexibility index (Phi) is 6.00. The number of nitrogens with zero attached hydrogens (tertiary/aromatic N) is 4. The van der Waals surface area contributed by atoms with Gasteiger partial charge in [-0.3, -0.25) is 4.79 Å². The monoisotopic (exact) mass is 389 g/mol. The van der Waals surface area contributed by atoms with Crippen molar-refractivity contribution in [1.29, 1.82) is 5.26 Å². The van der Waals surface area contributed by atoms with Crippen LogP contribution in [-0.4, -0.2) is 27.8 Å². The lowest BCUT2D eigenvalue weighted by Gasteiger charge is -2.16. The molecule has 0 aliphatic carbocycles. The SMILES string of the molecule is CC[C@@H](C(=O)Nc1cccc(C#N)c1)n1ncc(-c2ccc(OC)cc2)nc1=O. The fourth-order valence-electron chi connectivity index (χ4n) is 2.83. The molecule has 2 aromatic carbocycles. The van der Waals surface area contributed by atoms with E-state index >= 15 is 0 Å². The normalized spacial score (nSPS) is 11.3. The highest BCUT2D eigenvalue weighted by atomic mass is 16.5. The molecule has 146 valence electrons. The molecule has 0 saturated carbocycles. The lowest BCUT2D eigenvalue weighted by molar-refractivity contribution is -0.119. The van der Waals surface area contributed by atoms with E-state index in [0.717, 1.165) is 4.68 Å². The van der Waals surface area contributed by atoms with Gasteiger partial charge in [0.15, 0.2) is 0 Å². The Morgan fingerprint density at radius 3 is 2.66 bits per heavy atom. The van der Waals surface area contributed by atoms with Crippen LogP contribution in [0, 0.1) is 11.3 Å². The predicted octanol–water partition coefficient (Wildman–Crippen LogP) is 2.78. The number of carbonyl (C=O) groups is 1. The molecule has 3 rings (SSSR count). The number of aromatic nitrogens is 3. The lowest BCUT2D eigenvalue weighted by Crippen LogP contribution is -2.36. The van der Waals surface area contributed by atoms with E-state index in [2.05, 4.69) is 15.4 Å². The maximum atomic E-state index is 12.7. The number of benzene rings is 2. The Morgan fingerprint density at radius 1 is 1.28 bits per heavy atom. The second kappa shape index (κ2) is 8.80. The summed E-state index contributed by atoms with van der Waals surface area (Å²) in [5, 5.41) is 15.9. The highest BCUT2D eigenvalue weighted by Gasteiger charge is 2.22. The number of methoxy groups -OCH3 is 1. The summed E-state index contributed by atoms with van der Waals surface area (Å²) in [6, 6.07) is 14.8. The number of ether oxygens (including phenoxy) is 1. The summed E-state index contributed by atoms with van der Waals surface area (Å²) in [4.78, 5) is 29.3. The first-order valence-electron chi connectivity index (χ1n) is 8.97. The average Bonchev–Trinajstić information content (AvgIpc) is 2.75. The Morgan fingerprint density at radius 2 is 2.03 bits per heavy atom. The summed E-state index contributed by atoms with van der Waals surface area (Å²) >= 11 is 0. The van der Waals surface area contributed by atoms with Crippen molar-refractivity contribution >= 4 is 11.6 Å².